The highest BCUT2D eigenvalue weighted by Crippen LogP contribution is 2.10. The lowest BCUT2D eigenvalue weighted by atomic mass is 10.1. The molecule has 1 saturated heterocycles. The summed E-state index contributed by atoms with van der Waals surface area (Å²) in [7, 11) is 0. The van der Waals surface area contributed by atoms with Crippen LogP contribution in [0.1, 0.15) is 18.9 Å². The first-order valence-corrected chi connectivity index (χ1v) is 8.58. The minimum Gasteiger partial charge on any atom is -0.379 e. The molecule has 23 heavy (non-hydrogen) atoms. The number of nitrogens with zero attached hydrogens (tertiary/aromatic N) is 2. The number of nitrogens with one attached hydrogen (secondary N) is 2. The van der Waals surface area contributed by atoms with E-state index in [9.17, 15) is 0 Å². The fraction of sp³-hybridized carbons (Fsp3) is 0.500. The van der Waals surface area contributed by atoms with Crippen molar-refractivity contribution < 1.29 is 4.74 Å². The van der Waals surface area contributed by atoms with Crippen LogP contribution < -0.4 is 10.7 Å². The molecule has 0 radical (unpaired) electrons. The van der Waals surface area contributed by atoms with Crippen LogP contribution in [0.15, 0.2) is 29.4 Å². The topological polar surface area (TPSA) is 48.9 Å². The molecule has 1 aromatic carbocycles. The molecule has 1 aliphatic heterocycles. The van der Waals surface area contributed by atoms with Gasteiger partial charge >= 0.3 is 0 Å². The third kappa shape index (κ3) is 6.83. The smallest absolute Gasteiger partial charge is 0.186 e. The summed E-state index contributed by atoms with van der Waals surface area (Å²) in [5.41, 5.74) is 4.75. The van der Waals surface area contributed by atoms with Crippen LogP contribution in [0.25, 0.3) is 0 Å². The maximum Gasteiger partial charge on any atom is 0.186 e. The Morgan fingerprint density at radius 2 is 2.00 bits per heavy atom. The molecule has 1 heterocycles. The molecule has 0 unspecified atom stereocenters. The first kappa shape index (κ1) is 18.1. The third-order valence-corrected chi connectivity index (χ3v) is 4.12. The van der Waals surface area contributed by atoms with E-state index in [4.69, 9.17) is 28.6 Å². The molecular weight excluding hydrogens is 332 g/mol. The Balaban J connectivity index is 1.64. The number of rotatable bonds is 6. The molecule has 0 aliphatic carbocycles. The van der Waals surface area contributed by atoms with Crippen LogP contribution in [0.2, 0.25) is 5.02 Å². The fourth-order valence-corrected chi connectivity index (χ4v) is 2.53. The van der Waals surface area contributed by atoms with Crippen LogP contribution in [-0.2, 0) is 4.74 Å². The Hall–Kier alpha value is -1.21. The van der Waals surface area contributed by atoms with Crippen molar-refractivity contribution in [2.75, 3.05) is 39.4 Å². The monoisotopic (exact) mass is 354 g/mol. The van der Waals surface area contributed by atoms with E-state index < -0.39 is 0 Å². The largest absolute Gasteiger partial charge is 0.379 e. The van der Waals surface area contributed by atoms with Crippen molar-refractivity contribution in [1.82, 2.24) is 15.6 Å². The summed E-state index contributed by atoms with van der Waals surface area (Å²) in [6.07, 6.45) is 1.04. The average Bonchev–Trinajstić information content (AvgIpc) is 2.58. The zero-order chi connectivity index (χ0) is 16.5. The van der Waals surface area contributed by atoms with Gasteiger partial charge in [0.25, 0.3) is 0 Å². The quantitative estimate of drug-likeness (QED) is 0.355. The number of ether oxygens (including phenoxy) is 1. The van der Waals surface area contributed by atoms with Crippen LogP contribution in [-0.4, -0.2) is 55.1 Å². The second-order valence-corrected chi connectivity index (χ2v) is 6.22. The molecular formula is C16H23ClN4OS. The van der Waals surface area contributed by atoms with Crippen LogP contribution in [0.4, 0.5) is 0 Å². The highest BCUT2D eigenvalue weighted by atomic mass is 35.5. The highest BCUT2D eigenvalue weighted by Gasteiger charge is 2.09. The van der Waals surface area contributed by atoms with Crippen molar-refractivity contribution in [1.29, 1.82) is 0 Å². The maximum atomic E-state index is 5.87. The van der Waals surface area contributed by atoms with Crippen molar-refractivity contribution in [2.24, 2.45) is 5.10 Å². The van der Waals surface area contributed by atoms with E-state index in [2.05, 4.69) is 20.7 Å². The Morgan fingerprint density at radius 3 is 2.70 bits per heavy atom. The molecule has 1 aliphatic rings. The van der Waals surface area contributed by atoms with Crippen molar-refractivity contribution in [3.05, 3.63) is 34.9 Å². The number of hydrogen-bond donors (Lipinski definition) is 2. The number of hydrogen-bond acceptors (Lipinski definition) is 4. The molecule has 5 nitrogen and oxygen atoms in total. The van der Waals surface area contributed by atoms with Gasteiger partial charge in [-0.3, -0.25) is 10.3 Å². The summed E-state index contributed by atoms with van der Waals surface area (Å²) in [5.74, 6) is 0. The lowest BCUT2D eigenvalue weighted by Crippen LogP contribution is -2.39. The third-order valence-electron chi connectivity index (χ3n) is 3.63. The number of benzene rings is 1. The Labute approximate surface area is 148 Å². The molecule has 0 bridgehead atoms. The zero-order valence-electron chi connectivity index (χ0n) is 13.3. The summed E-state index contributed by atoms with van der Waals surface area (Å²) < 4.78 is 5.33. The molecule has 7 heteroatoms. The molecule has 2 N–H and O–H groups in total. The van der Waals surface area contributed by atoms with Gasteiger partial charge in [-0.15, -0.1) is 0 Å². The molecule has 1 aromatic rings. The van der Waals surface area contributed by atoms with Crippen LogP contribution in [0, 0.1) is 0 Å². The van der Waals surface area contributed by atoms with Gasteiger partial charge in [0.05, 0.1) is 18.9 Å². The maximum absolute atomic E-state index is 5.87. The standard InChI is InChI=1S/C16H23ClN4OS/c1-13(14-3-5-15(17)6-4-14)19-20-16(23)18-7-2-8-21-9-11-22-12-10-21/h3-6H,2,7-12H2,1H3,(H2,18,20,23)/b19-13-. The SMILES string of the molecule is C/C(=N/NC(=S)NCCCN1CCOCC1)c1ccc(Cl)cc1. The van der Waals surface area contributed by atoms with Crippen molar-refractivity contribution in [3.63, 3.8) is 0 Å². The van der Waals surface area contributed by atoms with Crippen molar-refractivity contribution >= 4 is 34.6 Å². The van der Waals surface area contributed by atoms with Gasteiger partial charge < -0.3 is 10.1 Å². The van der Waals surface area contributed by atoms with Crippen LogP contribution in [0.5, 0.6) is 0 Å². The number of hydrazone groups is 1. The predicted molar refractivity (Wildman–Crippen MR) is 99.3 cm³/mol. The number of morpholine rings is 1. The van der Waals surface area contributed by atoms with E-state index in [0.717, 1.165) is 57.1 Å². The molecule has 0 atom stereocenters. The fourth-order valence-electron chi connectivity index (χ4n) is 2.26. The van der Waals surface area contributed by atoms with E-state index in [1.165, 1.54) is 0 Å². The van der Waals surface area contributed by atoms with E-state index in [1.54, 1.807) is 0 Å². The Kier molecular flexibility index (Phi) is 7.74. The van der Waals surface area contributed by atoms with Gasteiger partial charge in [0.2, 0.25) is 0 Å². The predicted octanol–water partition coefficient (Wildman–Crippen LogP) is 2.25. The summed E-state index contributed by atoms with van der Waals surface area (Å²) in [6, 6.07) is 7.56. The van der Waals surface area contributed by atoms with E-state index >= 15 is 0 Å². The van der Waals surface area contributed by atoms with Crippen molar-refractivity contribution in [2.45, 2.75) is 13.3 Å². The second-order valence-electron chi connectivity index (χ2n) is 5.38. The lowest BCUT2D eigenvalue weighted by molar-refractivity contribution is 0.0376. The van der Waals surface area contributed by atoms with Gasteiger partial charge in [-0.05, 0) is 49.8 Å². The van der Waals surface area contributed by atoms with E-state index in [1.807, 2.05) is 31.2 Å². The van der Waals surface area contributed by atoms with Gasteiger partial charge in [-0.2, -0.15) is 5.10 Å². The molecule has 1 fully saturated rings. The van der Waals surface area contributed by atoms with E-state index in [-0.39, 0.29) is 0 Å². The average molecular weight is 355 g/mol. The van der Waals surface area contributed by atoms with Gasteiger partial charge in [-0.25, -0.2) is 0 Å². The minimum absolute atomic E-state index is 0.542. The zero-order valence-corrected chi connectivity index (χ0v) is 14.9. The van der Waals surface area contributed by atoms with Gasteiger partial charge in [-0.1, -0.05) is 23.7 Å². The second kappa shape index (κ2) is 9.82. The Bertz CT molecular complexity index is 529. The van der Waals surface area contributed by atoms with Crippen molar-refractivity contribution in [3.8, 4) is 0 Å². The van der Waals surface area contributed by atoms with Gasteiger partial charge in [0.15, 0.2) is 5.11 Å². The van der Waals surface area contributed by atoms with Gasteiger partial charge in [0, 0.05) is 24.7 Å². The van der Waals surface area contributed by atoms with Gasteiger partial charge in [0.1, 0.15) is 0 Å². The first-order chi connectivity index (χ1) is 11.1. The number of halogens is 1. The number of thiocarbonyl (C=S) groups is 1. The van der Waals surface area contributed by atoms with Crippen LogP contribution in [0.3, 0.4) is 0 Å². The molecule has 126 valence electrons. The molecule has 0 saturated carbocycles. The summed E-state index contributed by atoms with van der Waals surface area (Å²) in [4.78, 5) is 2.41. The van der Waals surface area contributed by atoms with E-state index in [0.29, 0.717) is 10.1 Å². The normalized spacial score (nSPS) is 16.2. The van der Waals surface area contributed by atoms with Crippen LogP contribution >= 0.6 is 23.8 Å². The Morgan fingerprint density at radius 1 is 1.30 bits per heavy atom. The minimum atomic E-state index is 0.542. The summed E-state index contributed by atoms with van der Waals surface area (Å²) in [6.45, 7) is 7.54. The molecule has 2 rings (SSSR count). The highest BCUT2D eigenvalue weighted by molar-refractivity contribution is 7.80. The first-order valence-electron chi connectivity index (χ1n) is 7.79. The molecule has 0 spiro atoms. The summed E-state index contributed by atoms with van der Waals surface area (Å²) in [5, 5.41) is 8.71. The summed E-state index contributed by atoms with van der Waals surface area (Å²) >= 11 is 11.1. The molecule has 0 aromatic heterocycles. The molecule has 0 amide bonds. The lowest BCUT2D eigenvalue weighted by Gasteiger charge is -2.26.